The average molecular weight is 1640 g/mol. The molecule has 610 valence electrons. The van der Waals surface area contributed by atoms with Crippen LogP contribution in [0, 0.1) is 17.5 Å². The summed E-state index contributed by atoms with van der Waals surface area (Å²) in [4.78, 5) is 64.6. The monoisotopic (exact) mass is 1640 g/mol. The first-order valence-corrected chi connectivity index (χ1v) is 40.1. The van der Waals surface area contributed by atoms with Crippen molar-refractivity contribution < 1.29 is 32.3 Å². The smallest absolute Gasteiger partial charge is 0.266 e. The van der Waals surface area contributed by atoms with Crippen LogP contribution in [0.25, 0.3) is 22.3 Å². The predicted octanol–water partition coefficient (Wildman–Crippen LogP) is 15.6. The van der Waals surface area contributed by atoms with E-state index in [9.17, 15) is 32.3 Å². The molecule has 0 saturated heterocycles. The number of benzene rings is 8. The number of halogens is 5. The number of carbonyl (C=O) groups is 4. The first-order chi connectivity index (χ1) is 57.4. The second-order valence-corrected chi connectivity index (χ2v) is 30.7. The lowest BCUT2D eigenvalue weighted by Gasteiger charge is -2.29. The summed E-state index contributed by atoms with van der Waals surface area (Å²) in [6, 6.07) is 54.5. The maximum Gasteiger partial charge on any atom is 0.266 e. The van der Waals surface area contributed by atoms with Crippen molar-refractivity contribution in [1.29, 1.82) is 0 Å². The van der Waals surface area contributed by atoms with Crippen molar-refractivity contribution in [2.45, 2.75) is 92.4 Å². The predicted molar refractivity (Wildman–Crippen MR) is 456 cm³/mol. The molecule has 0 N–H and O–H groups in total. The van der Waals surface area contributed by atoms with Crippen molar-refractivity contribution >= 4 is 92.4 Å². The third kappa shape index (κ3) is 21.0. The van der Waals surface area contributed by atoms with Crippen molar-refractivity contribution in [1.82, 2.24) is 80.8 Å². The minimum Gasteiger partial charge on any atom is -0.334 e. The van der Waals surface area contributed by atoms with Gasteiger partial charge in [-0.15, -0.1) is 20.4 Å². The fourth-order valence-corrected chi connectivity index (χ4v) is 15.3. The standard InChI is InChI=1S/C24H26FN5O.2C22H22ClN5O.C22H21F2N5O/c1-4-19-20(6-5-7-22(19)25)23(31)14-17-8-10-18(11-9-17)21-15-30(13-12-16(21)2)24-26-28-29(3)27-24;2*1-15-11-12-28(22-24-26-27(2)25-22)14-19(15)17-9-7-16(8-10-17)13-21(29)18-5-3-4-6-20(18)23;1-14-10-11-29(22-25-27-28(2)26-22)13-17(14)16-8-6-15(7-9-16)12-20(30)21-18(23)4-3-5-19(21)24/h5-11H,4,12-15H2,1-3H3;2*3-10H,11-14H2,1-2H3;3-9H,10-13H2,1-2H3. The van der Waals surface area contributed by atoms with E-state index in [0.29, 0.717) is 87.5 Å². The van der Waals surface area contributed by atoms with Gasteiger partial charge in [-0.2, -0.15) is 19.2 Å². The maximum absolute atomic E-state index is 14.0. The molecule has 0 amide bonds. The molecule has 0 aliphatic carbocycles. The molecule has 0 radical (unpaired) electrons. The number of aryl methyl sites for hydroxylation is 4. The Hall–Kier alpha value is -12.8. The van der Waals surface area contributed by atoms with Crippen molar-refractivity contribution in [2.24, 2.45) is 28.2 Å². The number of rotatable bonds is 21. The molecule has 0 fully saturated rings. The van der Waals surface area contributed by atoms with Crippen LogP contribution in [-0.4, -0.2) is 156 Å². The number of Topliss-reactive ketones (excluding diaryl/α,β-unsaturated/α-hetero) is 4. The van der Waals surface area contributed by atoms with Crippen LogP contribution in [0.4, 0.5) is 37.0 Å². The van der Waals surface area contributed by atoms with E-state index in [1.807, 2.05) is 91.9 Å². The second kappa shape index (κ2) is 38.6. The number of aromatic nitrogens is 16. The first-order valence-electron chi connectivity index (χ1n) is 39.3. The van der Waals surface area contributed by atoms with Crippen LogP contribution in [0.1, 0.15) is 152 Å². The molecule has 4 aromatic heterocycles. The Morgan fingerprint density at radius 2 is 0.597 bits per heavy atom. The summed E-state index contributed by atoms with van der Waals surface area (Å²) in [5, 5.41) is 50.4. The lowest BCUT2D eigenvalue weighted by Crippen LogP contribution is -2.31. The molecule has 0 atom stereocenters. The van der Waals surface area contributed by atoms with Gasteiger partial charge >= 0.3 is 0 Å². The van der Waals surface area contributed by atoms with E-state index < -0.39 is 23.0 Å². The summed E-state index contributed by atoms with van der Waals surface area (Å²) in [6.07, 6.45) is 5.09. The molecule has 12 aromatic rings. The fourth-order valence-electron chi connectivity index (χ4n) is 14.8. The van der Waals surface area contributed by atoms with Crippen molar-refractivity contribution in [2.75, 3.05) is 72.0 Å². The zero-order chi connectivity index (χ0) is 84.0. The normalized spacial score (nSPS) is 14.3. The van der Waals surface area contributed by atoms with Crippen molar-refractivity contribution in [3.8, 4) is 0 Å². The van der Waals surface area contributed by atoms with E-state index in [4.69, 9.17) is 23.2 Å². The molecule has 8 aromatic carbocycles. The van der Waals surface area contributed by atoms with E-state index in [0.717, 1.165) is 123 Å². The van der Waals surface area contributed by atoms with Gasteiger partial charge in [0.1, 0.15) is 17.5 Å². The molecule has 119 heavy (non-hydrogen) atoms. The molecule has 4 aliphatic heterocycles. The van der Waals surface area contributed by atoms with Crippen LogP contribution < -0.4 is 19.6 Å². The molecule has 0 bridgehead atoms. The minimum atomic E-state index is -0.836. The third-order valence-electron chi connectivity index (χ3n) is 21.6. The molecule has 0 spiro atoms. The Bertz CT molecular complexity index is 5620. The summed E-state index contributed by atoms with van der Waals surface area (Å²) in [7, 11) is 7.03. The van der Waals surface area contributed by atoms with Crippen LogP contribution in [0.2, 0.25) is 10.0 Å². The summed E-state index contributed by atoms with van der Waals surface area (Å²) in [6.45, 7) is 16.8. The van der Waals surface area contributed by atoms with Gasteiger partial charge in [-0.05, 0) is 195 Å². The molecular weight excluding hydrogens is 1550 g/mol. The van der Waals surface area contributed by atoms with Gasteiger partial charge in [-0.25, -0.2) is 13.2 Å². The van der Waals surface area contributed by atoms with E-state index >= 15 is 0 Å². The summed E-state index contributed by atoms with van der Waals surface area (Å²) >= 11 is 12.3. The molecule has 8 heterocycles. The SMILES string of the molecule is CC1=C(c2ccc(CC(=O)c3c(F)cccc3F)cc2)CN(c2nnn(C)n2)CC1.CC1=C(c2ccc(CC(=O)c3ccccc3Cl)cc2)CN(c2nnn(C)n2)CC1.CC1=C(c2ccc(CC(=O)c3ccccc3Cl)cc2)CN(c2nnn(C)n2)CC1.CCc1c(F)cccc1C(=O)Cc1ccc(C2=C(C)CCN(c3nnn(C)n3)C2)cc1. The second-order valence-electron chi connectivity index (χ2n) is 29.9. The van der Waals surface area contributed by atoms with Gasteiger partial charge in [-0.3, -0.25) is 19.2 Å². The highest BCUT2D eigenvalue weighted by Gasteiger charge is 2.28. The van der Waals surface area contributed by atoms with Crippen molar-refractivity contribution in [3.05, 3.63) is 304 Å². The highest BCUT2D eigenvalue weighted by molar-refractivity contribution is 6.34. The highest BCUT2D eigenvalue weighted by Crippen LogP contribution is 2.34. The van der Waals surface area contributed by atoms with E-state index in [1.54, 1.807) is 64.6 Å². The number of nitrogens with zero attached hydrogens (tertiary/aromatic N) is 20. The molecule has 16 rings (SSSR count). The quantitative estimate of drug-likeness (QED) is 0.0606. The van der Waals surface area contributed by atoms with Gasteiger partial charge < -0.3 is 19.6 Å². The van der Waals surface area contributed by atoms with Gasteiger partial charge in [-0.1, -0.05) is 212 Å². The Kier molecular flexibility index (Phi) is 27.3. The van der Waals surface area contributed by atoms with Gasteiger partial charge in [0.2, 0.25) is 0 Å². The van der Waals surface area contributed by atoms with Crippen LogP contribution in [0.3, 0.4) is 0 Å². The third-order valence-corrected chi connectivity index (χ3v) is 22.3. The summed E-state index contributed by atoms with van der Waals surface area (Å²) in [5.74, 6) is -0.0386. The van der Waals surface area contributed by atoms with Crippen LogP contribution in [0.15, 0.2) is 204 Å². The number of anilines is 4. The topological polar surface area (TPSA) is 256 Å². The molecule has 0 saturated carbocycles. The molecule has 29 heteroatoms. The highest BCUT2D eigenvalue weighted by atomic mass is 35.5. The molecule has 0 unspecified atom stereocenters. The maximum atomic E-state index is 14.0. The Morgan fingerprint density at radius 3 is 0.874 bits per heavy atom. The number of hydrogen-bond acceptors (Lipinski definition) is 20. The minimum absolute atomic E-state index is 0.0244. The number of carbonyl (C=O) groups excluding carboxylic acids is 4. The summed E-state index contributed by atoms with van der Waals surface area (Å²) < 4.78 is 41.7. The van der Waals surface area contributed by atoms with Gasteiger partial charge in [0.05, 0.1) is 43.8 Å². The zero-order valence-corrected chi connectivity index (χ0v) is 69.3. The first kappa shape index (κ1) is 84.2. The lowest BCUT2D eigenvalue weighted by atomic mass is 9.93. The number of tetrazole rings is 4. The van der Waals surface area contributed by atoms with Gasteiger partial charge in [0.15, 0.2) is 23.1 Å². The largest absolute Gasteiger partial charge is 0.334 e. The lowest BCUT2D eigenvalue weighted by molar-refractivity contribution is 0.0978. The van der Waals surface area contributed by atoms with Crippen LogP contribution >= 0.6 is 23.2 Å². The number of hydrogen-bond donors (Lipinski definition) is 0. The van der Waals surface area contributed by atoms with E-state index in [-0.39, 0.29) is 36.0 Å². The Balaban J connectivity index is 0.000000137. The Labute approximate surface area is 698 Å². The van der Waals surface area contributed by atoms with Crippen molar-refractivity contribution in [3.63, 3.8) is 0 Å². The Morgan fingerprint density at radius 1 is 0.336 bits per heavy atom. The summed E-state index contributed by atoms with van der Waals surface area (Å²) in [5.41, 5.74) is 20.0. The number of ketones is 4. The van der Waals surface area contributed by atoms with Crippen LogP contribution in [-0.2, 0) is 60.3 Å². The molecular formula is C90H91Cl2F3N20O4. The van der Waals surface area contributed by atoms with E-state index in [1.165, 1.54) is 75.9 Å². The zero-order valence-electron chi connectivity index (χ0n) is 67.8. The molecule has 4 aliphatic rings. The van der Waals surface area contributed by atoms with Gasteiger partial charge in [0.25, 0.3) is 23.8 Å². The molecule has 24 nitrogen and oxygen atoms in total. The van der Waals surface area contributed by atoms with Crippen LogP contribution in [0.5, 0.6) is 0 Å². The van der Waals surface area contributed by atoms with Gasteiger partial charge in [0, 0.05) is 94.7 Å². The fraction of sp³-hybridized carbons (Fsp3) is 0.289. The average Bonchev–Trinajstić information content (AvgIpc) is 1.81. The van der Waals surface area contributed by atoms with E-state index in [2.05, 4.69) is 145 Å².